The minimum absolute atomic E-state index is 0.0217. The van der Waals surface area contributed by atoms with Crippen LogP contribution in [0.15, 0.2) is 42.5 Å². The van der Waals surface area contributed by atoms with Crippen LogP contribution in [0.4, 0.5) is 8.78 Å². The minimum Gasteiger partial charge on any atom is -0.485 e. The number of benzene rings is 2. The summed E-state index contributed by atoms with van der Waals surface area (Å²) in [6.07, 6.45) is 0.0195. The van der Waals surface area contributed by atoms with Crippen LogP contribution in [0.1, 0.15) is 23.8 Å². The van der Waals surface area contributed by atoms with Gasteiger partial charge in [-0.3, -0.25) is 4.79 Å². The Morgan fingerprint density at radius 2 is 1.80 bits per heavy atom. The van der Waals surface area contributed by atoms with Crippen LogP contribution < -0.4 is 4.74 Å². The molecule has 30 heavy (non-hydrogen) atoms. The van der Waals surface area contributed by atoms with E-state index in [2.05, 4.69) is 0 Å². The van der Waals surface area contributed by atoms with E-state index in [1.165, 1.54) is 23.5 Å². The van der Waals surface area contributed by atoms with E-state index in [-0.39, 0.29) is 37.4 Å². The zero-order valence-corrected chi connectivity index (χ0v) is 18.3. The predicted octanol–water partition coefficient (Wildman–Crippen LogP) is 7.07. The Hall–Kier alpha value is -2.15. The number of carbonyl (C=O) groups is 1. The van der Waals surface area contributed by atoms with Gasteiger partial charge in [-0.1, -0.05) is 41.4 Å². The van der Waals surface area contributed by atoms with Crippen LogP contribution in [0, 0.1) is 11.6 Å². The third-order valence-corrected chi connectivity index (χ3v) is 5.81. The second kappa shape index (κ2) is 10.2. The molecule has 0 aliphatic carbocycles. The molecule has 0 N–H and O–H groups in total. The maximum atomic E-state index is 14.5. The van der Waals surface area contributed by atoms with Crippen molar-refractivity contribution in [1.82, 2.24) is 0 Å². The molecule has 0 aliphatic rings. The standard InChI is InChI=1S/C22H18Cl2F2O3S/c1-2-28-20(27)10-6-14-5-9-17(22(26)21(14)25)29-12-18-16(11-19(24)30-18)13-3-7-15(23)8-4-13/h3-5,7-9,11H,2,6,10,12H2,1H3. The maximum Gasteiger partial charge on any atom is 0.306 e. The topological polar surface area (TPSA) is 35.5 Å². The fourth-order valence-electron chi connectivity index (χ4n) is 2.87. The molecule has 2 aromatic carbocycles. The molecule has 0 aliphatic heterocycles. The number of thiophene rings is 1. The third-order valence-electron chi connectivity index (χ3n) is 4.32. The second-order valence-electron chi connectivity index (χ2n) is 6.34. The molecule has 0 fully saturated rings. The molecule has 1 heterocycles. The highest BCUT2D eigenvalue weighted by Crippen LogP contribution is 2.36. The first-order valence-electron chi connectivity index (χ1n) is 9.18. The number of hydrogen-bond donors (Lipinski definition) is 0. The number of esters is 1. The summed E-state index contributed by atoms with van der Waals surface area (Å²) in [5.74, 6) is -2.79. The van der Waals surface area contributed by atoms with Gasteiger partial charge in [-0.2, -0.15) is 4.39 Å². The van der Waals surface area contributed by atoms with Crippen molar-refractivity contribution < 1.29 is 23.0 Å². The van der Waals surface area contributed by atoms with E-state index in [1.54, 1.807) is 25.1 Å². The SMILES string of the molecule is CCOC(=O)CCc1ccc(OCc2sc(Cl)cc2-c2ccc(Cl)cc2)c(F)c1F. The van der Waals surface area contributed by atoms with Crippen molar-refractivity contribution in [1.29, 1.82) is 0 Å². The fraction of sp³-hybridized carbons (Fsp3) is 0.227. The van der Waals surface area contributed by atoms with Crippen molar-refractivity contribution in [2.75, 3.05) is 6.61 Å². The Morgan fingerprint density at radius 1 is 1.07 bits per heavy atom. The van der Waals surface area contributed by atoms with E-state index in [4.69, 9.17) is 32.7 Å². The first kappa shape index (κ1) is 22.5. The highest BCUT2D eigenvalue weighted by molar-refractivity contribution is 7.16. The number of carbonyl (C=O) groups excluding carboxylic acids is 1. The second-order valence-corrected chi connectivity index (χ2v) is 8.54. The molecule has 3 nitrogen and oxygen atoms in total. The Morgan fingerprint density at radius 3 is 2.50 bits per heavy atom. The van der Waals surface area contributed by atoms with Gasteiger partial charge in [0.25, 0.3) is 0 Å². The van der Waals surface area contributed by atoms with E-state index in [0.717, 1.165) is 16.0 Å². The Kier molecular flexibility index (Phi) is 7.69. The summed E-state index contributed by atoms with van der Waals surface area (Å²) in [5, 5.41) is 0.610. The lowest BCUT2D eigenvalue weighted by Gasteiger charge is -2.11. The van der Waals surface area contributed by atoms with Crippen molar-refractivity contribution in [3.05, 3.63) is 73.9 Å². The van der Waals surface area contributed by atoms with Gasteiger partial charge in [0.1, 0.15) is 6.61 Å². The van der Waals surface area contributed by atoms with Crippen molar-refractivity contribution in [3.63, 3.8) is 0 Å². The van der Waals surface area contributed by atoms with Crippen molar-refractivity contribution >= 4 is 40.5 Å². The Bertz CT molecular complexity index is 1040. The van der Waals surface area contributed by atoms with Crippen LogP contribution in [0.5, 0.6) is 5.75 Å². The van der Waals surface area contributed by atoms with Crippen LogP contribution in [0.3, 0.4) is 0 Å². The van der Waals surface area contributed by atoms with Crippen molar-refractivity contribution in [3.8, 4) is 16.9 Å². The molecule has 0 spiro atoms. The van der Waals surface area contributed by atoms with Crippen LogP contribution in [-0.4, -0.2) is 12.6 Å². The molecule has 0 unspecified atom stereocenters. The molecule has 0 bridgehead atoms. The first-order chi connectivity index (χ1) is 14.4. The summed E-state index contributed by atoms with van der Waals surface area (Å²) in [6, 6.07) is 11.8. The summed E-state index contributed by atoms with van der Waals surface area (Å²) < 4.78 is 39.7. The molecule has 0 atom stereocenters. The third kappa shape index (κ3) is 5.50. The van der Waals surface area contributed by atoms with E-state index >= 15 is 0 Å². The molecule has 0 radical (unpaired) electrons. The largest absolute Gasteiger partial charge is 0.485 e. The van der Waals surface area contributed by atoms with Gasteiger partial charge in [0, 0.05) is 17.0 Å². The van der Waals surface area contributed by atoms with Gasteiger partial charge in [0.05, 0.1) is 15.8 Å². The summed E-state index contributed by atoms with van der Waals surface area (Å²) >= 11 is 13.4. The van der Waals surface area contributed by atoms with Crippen LogP contribution in [0.2, 0.25) is 9.36 Å². The van der Waals surface area contributed by atoms with Gasteiger partial charge >= 0.3 is 5.97 Å². The number of hydrogen-bond acceptors (Lipinski definition) is 4. The van der Waals surface area contributed by atoms with E-state index in [0.29, 0.717) is 9.36 Å². The first-order valence-corrected chi connectivity index (χ1v) is 10.8. The summed E-state index contributed by atoms with van der Waals surface area (Å²) in [7, 11) is 0. The summed E-state index contributed by atoms with van der Waals surface area (Å²) in [4.78, 5) is 12.2. The molecular weight excluding hydrogens is 453 g/mol. The van der Waals surface area contributed by atoms with Crippen molar-refractivity contribution in [2.45, 2.75) is 26.4 Å². The highest BCUT2D eigenvalue weighted by Gasteiger charge is 2.17. The number of aryl methyl sites for hydroxylation is 1. The normalized spacial score (nSPS) is 10.8. The molecule has 8 heteroatoms. The lowest BCUT2D eigenvalue weighted by molar-refractivity contribution is -0.143. The summed E-state index contributed by atoms with van der Waals surface area (Å²) in [5.41, 5.74) is 1.82. The van der Waals surface area contributed by atoms with Crippen LogP contribution in [0.25, 0.3) is 11.1 Å². The molecule has 0 saturated heterocycles. The van der Waals surface area contributed by atoms with Gasteiger partial charge in [0.15, 0.2) is 11.6 Å². The van der Waals surface area contributed by atoms with Crippen molar-refractivity contribution in [2.24, 2.45) is 0 Å². The smallest absolute Gasteiger partial charge is 0.306 e. The van der Waals surface area contributed by atoms with Gasteiger partial charge in [0.2, 0.25) is 5.82 Å². The molecule has 0 saturated carbocycles. The average molecular weight is 471 g/mol. The lowest BCUT2D eigenvalue weighted by Crippen LogP contribution is -2.07. The monoisotopic (exact) mass is 470 g/mol. The summed E-state index contributed by atoms with van der Waals surface area (Å²) in [6.45, 7) is 1.95. The molecule has 0 amide bonds. The lowest BCUT2D eigenvalue weighted by atomic mass is 10.1. The van der Waals surface area contributed by atoms with Gasteiger partial charge in [-0.15, -0.1) is 11.3 Å². The predicted molar refractivity (Wildman–Crippen MR) is 115 cm³/mol. The zero-order chi connectivity index (χ0) is 21.7. The van der Waals surface area contributed by atoms with Gasteiger partial charge < -0.3 is 9.47 Å². The zero-order valence-electron chi connectivity index (χ0n) is 16.0. The average Bonchev–Trinajstić information content (AvgIpc) is 3.09. The molecule has 158 valence electrons. The quantitative estimate of drug-likeness (QED) is 0.330. The number of rotatable bonds is 8. The molecule has 3 rings (SSSR count). The Balaban J connectivity index is 1.73. The van der Waals surface area contributed by atoms with Gasteiger partial charge in [-0.25, -0.2) is 4.39 Å². The number of ether oxygens (including phenoxy) is 2. The van der Waals surface area contributed by atoms with Crippen LogP contribution in [-0.2, 0) is 22.6 Å². The van der Waals surface area contributed by atoms with E-state index < -0.39 is 17.6 Å². The van der Waals surface area contributed by atoms with Gasteiger partial charge in [-0.05, 0) is 48.7 Å². The number of halogens is 4. The van der Waals surface area contributed by atoms with E-state index in [9.17, 15) is 13.6 Å². The molecule has 3 aromatic rings. The molecule has 1 aromatic heterocycles. The Labute approximate surface area is 187 Å². The highest BCUT2D eigenvalue weighted by atomic mass is 35.5. The fourth-order valence-corrected chi connectivity index (χ4v) is 4.20. The molecular formula is C22H18Cl2F2O3S. The van der Waals surface area contributed by atoms with E-state index in [1.807, 2.05) is 12.1 Å². The minimum atomic E-state index is -1.09. The van der Waals surface area contributed by atoms with Crippen LogP contribution >= 0.6 is 34.5 Å². The maximum absolute atomic E-state index is 14.5.